The van der Waals surface area contributed by atoms with Crippen molar-refractivity contribution in [2.45, 2.75) is 38.8 Å². The average Bonchev–Trinajstić information content (AvgIpc) is 3.14. The number of aromatic nitrogens is 2. The van der Waals surface area contributed by atoms with Crippen LogP contribution in [-0.2, 0) is 0 Å². The monoisotopic (exact) mass is 319 g/mol. The first-order chi connectivity index (χ1) is 9.13. The van der Waals surface area contributed by atoms with E-state index >= 15 is 0 Å². The van der Waals surface area contributed by atoms with E-state index in [9.17, 15) is 0 Å². The molecule has 19 heavy (non-hydrogen) atoms. The minimum Gasteiger partial charge on any atom is -0.349 e. The Balaban J connectivity index is 1.81. The van der Waals surface area contributed by atoms with Crippen LogP contribution in [0.3, 0.4) is 0 Å². The first-order valence-electron chi connectivity index (χ1n) is 6.71. The fourth-order valence-corrected chi connectivity index (χ4v) is 2.72. The fourth-order valence-electron chi connectivity index (χ4n) is 2.31. The lowest BCUT2D eigenvalue weighted by atomic mass is 10.1. The van der Waals surface area contributed by atoms with E-state index < -0.39 is 0 Å². The molecule has 4 heteroatoms. The molecule has 0 aliphatic heterocycles. The third kappa shape index (κ3) is 2.84. The highest BCUT2D eigenvalue weighted by Crippen LogP contribution is 2.38. The van der Waals surface area contributed by atoms with E-state index in [-0.39, 0.29) is 6.04 Å². The molecule has 3 nitrogen and oxygen atoms in total. The highest BCUT2D eigenvalue weighted by Gasteiger charge is 2.26. The molecule has 1 aromatic heterocycles. The van der Waals surface area contributed by atoms with E-state index in [1.165, 1.54) is 18.4 Å². The molecule has 1 atom stereocenters. The maximum atomic E-state index is 4.60. The second-order valence-corrected chi connectivity index (χ2v) is 6.18. The number of aryl methyl sites for hydroxylation is 1. The summed E-state index contributed by atoms with van der Waals surface area (Å²) < 4.78 is 3.39. The third-order valence-corrected chi connectivity index (χ3v) is 3.98. The van der Waals surface area contributed by atoms with Crippen molar-refractivity contribution in [3.8, 4) is 0 Å². The van der Waals surface area contributed by atoms with Crippen molar-refractivity contribution < 1.29 is 0 Å². The minimum atomic E-state index is 0.247. The first-order valence-corrected chi connectivity index (χ1v) is 7.50. The van der Waals surface area contributed by atoms with Crippen LogP contribution >= 0.6 is 15.9 Å². The van der Waals surface area contributed by atoms with E-state index in [4.69, 9.17) is 0 Å². The van der Waals surface area contributed by atoms with Crippen molar-refractivity contribution in [1.82, 2.24) is 9.55 Å². The van der Waals surface area contributed by atoms with Gasteiger partial charge >= 0.3 is 0 Å². The zero-order valence-corrected chi connectivity index (χ0v) is 12.8. The van der Waals surface area contributed by atoms with Crippen molar-refractivity contribution >= 4 is 21.9 Å². The standard InChI is InChI=1S/C15H18BrN3/c1-10-9-19(14-6-7-14)15(17-10)18-11(2)12-4-3-5-13(16)8-12/h3-5,8-9,11,14H,6-7H2,1-2H3,(H,17,18). The number of rotatable bonds is 4. The second kappa shape index (κ2) is 5.00. The Morgan fingerprint density at radius 3 is 2.89 bits per heavy atom. The van der Waals surface area contributed by atoms with Crippen LogP contribution in [0, 0.1) is 6.92 Å². The van der Waals surface area contributed by atoms with Gasteiger partial charge in [0.05, 0.1) is 11.7 Å². The van der Waals surface area contributed by atoms with Crippen molar-refractivity contribution in [1.29, 1.82) is 0 Å². The predicted molar refractivity (Wildman–Crippen MR) is 81.4 cm³/mol. The summed E-state index contributed by atoms with van der Waals surface area (Å²) in [4.78, 5) is 4.60. The molecule has 0 spiro atoms. The summed E-state index contributed by atoms with van der Waals surface area (Å²) in [6, 6.07) is 9.30. The molecule has 3 rings (SSSR count). The maximum absolute atomic E-state index is 4.60. The minimum absolute atomic E-state index is 0.247. The number of nitrogens with one attached hydrogen (secondary N) is 1. The van der Waals surface area contributed by atoms with Crippen molar-refractivity contribution in [2.24, 2.45) is 0 Å². The molecule has 100 valence electrons. The van der Waals surface area contributed by atoms with Crippen LogP contribution in [0.5, 0.6) is 0 Å². The summed E-state index contributed by atoms with van der Waals surface area (Å²) in [6.45, 7) is 4.22. The van der Waals surface area contributed by atoms with Gasteiger partial charge in [-0.05, 0) is 44.4 Å². The number of hydrogen-bond donors (Lipinski definition) is 1. The molecular weight excluding hydrogens is 302 g/mol. The van der Waals surface area contributed by atoms with Crippen LogP contribution in [0.25, 0.3) is 0 Å². The molecular formula is C15H18BrN3. The van der Waals surface area contributed by atoms with Gasteiger partial charge in [-0.2, -0.15) is 0 Å². The highest BCUT2D eigenvalue weighted by molar-refractivity contribution is 9.10. The first kappa shape index (κ1) is 12.7. The van der Waals surface area contributed by atoms with Gasteiger partial charge in [0.1, 0.15) is 0 Å². The molecule has 1 aliphatic carbocycles. The molecule has 2 aromatic rings. The van der Waals surface area contributed by atoms with Gasteiger partial charge in [-0.25, -0.2) is 4.98 Å². The summed E-state index contributed by atoms with van der Waals surface area (Å²) in [5.41, 5.74) is 2.34. The summed E-state index contributed by atoms with van der Waals surface area (Å²) in [7, 11) is 0. The quantitative estimate of drug-likeness (QED) is 0.901. The van der Waals surface area contributed by atoms with Gasteiger partial charge in [0, 0.05) is 16.7 Å². The lowest BCUT2D eigenvalue weighted by Crippen LogP contribution is -2.11. The topological polar surface area (TPSA) is 29.9 Å². The molecule has 1 N–H and O–H groups in total. The van der Waals surface area contributed by atoms with Crippen LogP contribution in [0.15, 0.2) is 34.9 Å². The lowest BCUT2D eigenvalue weighted by Gasteiger charge is -2.16. The molecule has 0 amide bonds. The molecule has 1 unspecified atom stereocenters. The second-order valence-electron chi connectivity index (χ2n) is 5.27. The van der Waals surface area contributed by atoms with Crippen molar-refractivity contribution in [2.75, 3.05) is 5.32 Å². The Morgan fingerprint density at radius 2 is 2.21 bits per heavy atom. The van der Waals surface area contributed by atoms with Crippen LogP contribution in [0.4, 0.5) is 5.95 Å². The Labute approximate surface area is 122 Å². The zero-order valence-electron chi connectivity index (χ0n) is 11.2. The summed E-state index contributed by atoms with van der Waals surface area (Å²) in [6.07, 6.45) is 4.69. The van der Waals surface area contributed by atoms with Gasteiger partial charge in [0.25, 0.3) is 0 Å². The van der Waals surface area contributed by atoms with Gasteiger partial charge in [0.15, 0.2) is 0 Å². The van der Waals surface area contributed by atoms with Gasteiger partial charge < -0.3 is 9.88 Å². The predicted octanol–water partition coefficient (Wildman–Crippen LogP) is 4.46. The fraction of sp³-hybridized carbons (Fsp3) is 0.400. The molecule has 1 fully saturated rings. The summed E-state index contributed by atoms with van der Waals surface area (Å²) in [5, 5.41) is 3.53. The number of hydrogen-bond acceptors (Lipinski definition) is 2. The van der Waals surface area contributed by atoms with Crippen LogP contribution in [0.1, 0.15) is 43.1 Å². The Morgan fingerprint density at radius 1 is 1.42 bits per heavy atom. The third-order valence-electron chi connectivity index (χ3n) is 3.49. The van der Waals surface area contributed by atoms with Crippen LogP contribution < -0.4 is 5.32 Å². The molecule has 1 aromatic carbocycles. The van der Waals surface area contributed by atoms with Crippen LogP contribution in [-0.4, -0.2) is 9.55 Å². The van der Waals surface area contributed by atoms with E-state index in [0.717, 1.165) is 16.1 Å². The summed E-state index contributed by atoms with van der Waals surface area (Å²) in [5.74, 6) is 0.993. The van der Waals surface area contributed by atoms with Gasteiger partial charge in [-0.1, -0.05) is 28.1 Å². The molecule has 1 aliphatic rings. The normalized spacial score (nSPS) is 16.4. The van der Waals surface area contributed by atoms with E-state index in [1.54, 1.807) is 0 Å². The Kier molecular flexibility index (Phi) is 3.35. The number of nitrogens with zero attached hydrogens (tertiary/aromatic N) is 2. The molecule has 0 bridgehead atoms. The lowest BCUT2D eigenvalue weighted by molar-refractivity contribution is 0.727. The summed E-state index contributed by atoms with van der Waals surface area (Å²) >= 11 is 3.52. The number of anilines is 1. The number of benzene rings is 1. The van der Waals surface area contributed by atoms with E-state index in [2.05, 4.69) is 62.1 Å². The largest absolute Gasteiger partial charge is 0.349 e. The maximum Gasteiger partial charge on any atom is 0.203 e. The van der Waals surface area contributed by atoms with Gasteiger partial charge in [-0.3, -0.25) is 0 Å². The van der Waals surface area contributed by atoms with E-state index in [0.29, 0.717) is 6.04 Å². The van der Waals surface area contributed by atoms with Crippen LogP contribution in [0.2, 0.25) is 0 Å². The Bertz CT molecular complexity index is 587. The zero-order chi connectivity index (χ0) is 13.4. The van der Waals surface area contributed by atoms with Gasteiger partial charge in [0.2, 0.25) is 5.95 Å². The van der Waals surface area contributed by atoms with Gasteiger partial charge in [-0.15, -0.1) is 0 Å². The SMILES string of the molecule is Cc1cn(C2CC2)c(NC(C)c2cccc(Br)c2)n1. The van der Waals surface area contributed by atoms with Crippen molar-refractivity contribution in [3.05, 3.63) is 46.2 Å². The smallest absolute Gasteiger partial charge is 0.203 e. The highest BCUT2D eigenvalue weighted by atomic mass is 79.9. The number of halogens is 1. The molecule has 1 heterocycles. The molecule has 0 radical (unpaired) electrons. The average molecular weight is 320 g/mol. The molecule has 0 saturated heterocycles. The molecule has 1 saturated carbocycles. The van der Waals surface area contributed by atoms with Crippen molar-refractivity contribution in [3.63, 3.8) is 0 Å². The number of imidazole rings is 1. The Hall–Kier alpha value is -1.29. The van der Waals surface area contributed by atoms with E-state index in [1.807, 2.05) is 13.0 Å².